The number of halogens is 2. The third-order valence-electron chi connectivity index (χ3n) is 1.68. The zero-order valence-corrected chi connectivity index (χ0v) is 11.8. The first-order valence-corrected chi connectivity index (χ1v) is 6.47. The summed E-state index contributed by atoms with van der Waals surface area (Å²) in [4.78, 5) is 4.23. The van der Waals surface area contributed by atoms with Gasteiger partial charge in [-0.05, 0) is 50.1 Å². The van der Waals surface area contributed by atoms with Crippen LogP contribution in [0.2, 0.25) is 0 Å². The zero-order chi connectivity index (χ0) is 10.3. The van der Waals surface area contributed by atoms with Crippen molar-refractivity contribution in [2.45, 2.75) is 0 Å². The largest absolute Gasteiger partial charge is 0.279 e. The van der Waals surface area contributed by atoms with Gasteiger partial charge in [0.05, 0.1) is 7.57 Å². The van der Waals surface area contributed by atoms with E-state index in [0.29, 0.717) is 4.77 Å². The highest BCUT2D eigenvalue weighted by Crippen LogP contribution is 2.36. The molecule has 2 aromatic rings. The molecular weight excluding hydrogens is 350 g/mol. The normalized spacial score (nSPS) is 10.8. The fraction of sp³-hybridized carbons (Fsp3) is 0.143. The third-order valence-corrected chi connectivity index (χ3v) is 4.38. The predicted molar refractivity (Wildman–Crippen MR) is 67.1 cm³/mol. The number of thiophene rings is 1. The van der Waals surface area contributed by atoms with Gasteiger partial charge in [0, 0.05) is 12.6 Å². The topological polar surface area (TPSA) is 33.6 Å². The highest BCUT2D eigenvalue weighted by molar-refractivity contribution is 9.12. The quantitative estimate of drug-likeness (QED) is 0.791. The lowest BCUT2D eigenvalue weighted by molar-refractivity contribution is 0.756. The molecular formula is C7H5Br2N3S2. The van der Waals surface area contributed by atoms with Crippen molar-refractivity contribution in [1.82, 2.24) is 14.8 Å². The van der Waals surface area contributed by atoms with Gasteiger partial charge in [-0.1, -0.05) is 0 Å². The molecule has 1 N–H and O–H groups in total. The van der Waals surface area contributed by atoms with E-state index < -0.39 is 0 Å². The Balaban J connectivity index is 2.59. The molecule has 0 radical (unpaired) electrons. The summed E-state index contributed by atoms with van der Waals surface area (Å²) in [5.74, 6) is 0.784. The summed E-state index contributed by atoms with van der Waals surface area (Å²) in [5, 5.41) is 3.07. The number of nitrogens with one attached hydrogen (secondary N) is 1. The fourth-order valence-corrected chi connectivity index (χ4v) is 3.97. The summed E-state index contributed by atoms with van der Waals surface area (Å²) < 4.78 is 4.36. The molecule has 0 spiro atoms. The molecule has 0 unspecified atom stereocenters. The fourth-order valence-electron chi connectivity index (χ4n) is 1.02. The number of hydrogen-bond acceptors (Lipinski definition) is 3. The third kappa shape index (κ3) is 1.86. The van der Waals surface area contributed by atoms with Crippen LogP contribution >= 0.6 is 55.4 Å². The van der Waals surface area contributed by atoms with Gasteiger partial charge in [0.2, 0.25) is 4.77 Å². The second-order valence-corrected chi connectivity index (χ2v) is 6.77. The zero-order valence-electron chi connectivity index (χ0n) is 7.04. The summed E-state index contributed by atoms with van der Waals surface area (Å²) in [6.07, 6.45) is 0. The van der Waals surface area contributed by atoms with Gasteiger partial charge in [0.25, 0.3) is 0 Å². The number of nitrogens with zero attached hydrogens (tertiary/aromatic N) is 2. The molecule has 0 aliphatic heterocycles. The molecule has 74 valence electrons. The van der Waals surface area contributed by atoms with E-state index in [9.17, 15) is 0 Å². The van der Waals surface area contributed by atoms with Crippen LogP contribution in [-0.4, -0.2) is 14.8 Å². The van der Waals surface area contributed by atoms with Crippen LogP contribution in [0.4, 0.5) is 0 Å². The molecule has 0 atom stereocenters. The minimum absolute atomic E-state index is 0.550. The molecule has 14 heavy (non-hydrogen) atoms. The van der Waals surface area contributed by atoms with Crippen molar-refractivity contribution in [3.63, 3.8) is 0 Å². The Kier molecular flexibility index (Phi) is 2.92. The van der Waals surface area contributed by atoms with E-state index in [4.69, 9.17) is 12.2 Å². The predicted octanol–water partition coefficient (Wildman–Crippen LogP) is 3.73. The number of hydrogen-bond donors (Lipinski definition) is 1. The Morgan fingerprint density at radius 1 is 1.57 bits per heavy atom. The maximum atomic E-state index is 5.02. The van der Waals surface area contributed by atoms with E-state index in [1.807, 2.05) is 13.1 Å². The van der Waals surface area contributed by atoms with E-state index in [0.717, 1.165) is 19.0 Å². The van der Waals surface area contributed by atoms with E-state index in [1.165, 1.54) is 0 Å². The Bertz CT molecular complexity index is 525. The SMILES string of the molecule is Cn1[nH]c(-c2cc(Br)sc2Br)nc1=S. The Labute approximate surface area is 106 Å². The molecule has 0 saturated heterocycles. The van der Waals surface area contributed by atoms with E-state index in [2.05, 4.69) is 41.9 Å². The van der Waals surface area contributed by atoms with Crippen molar-refractivity contribution in [3.8, 4) is 11.4 Å². The van der Waals surface area contributed by atoms with Gasteiger partial charge in [-0.3, -0.25) is 9.78 Å². The maximum absolute atomic E-state index is 5.02. The summed E-state index contributed by atoms with van der Waals surface area (Å²) in [5.41, 5.74) is 1.02. The van der Waals surface area contributed by atoms with Crippen LogP contribution in [0, 0.1) is 4.77 Å². The standard InChI is InChI=1S/C7H5Br2N3S2/c1-12-7(13)10-6(11-12)3-2-4(8)14-5(3)9/h2H,1H3,(H,10,11,13). The van der Waals surface area contributed by atoms with Gasteiger partial charge in [-0.2, -0.15) is 4.98 Å². The second kappa shape index (κ2) is 3.88. The highest BCUT2D eigenvalue weighted by atomic mass is 79.9. The molecule has 3 nitrogen and oxygen atoms in total. The number of aromatic nitrogens is 3. The van der Waals surface area contributed by atoms with E-state index in [1.54, 1.807) is 16.0 Å². The molecule has 0 saturated carbocycles. The lowest BCUT2D eigenvalue weighted by atomic mass is 10.3. The van der Waals surface area contributed by atoms with Gasteiger partial charge in [-0.25, -0.2) is 0 Å². The van der Waals surface area contributed by atoms with Gasteiger partial charge >= 0.3 is 0 Å². The molecule has 2 heterocycles. The average molecular weight is 355 g/mol. The van der Waals surface area contributed by atoms with Crippen molar-refractivity contribution in [3.05, 3.63) is 18.4 Å². The van der Waals surface area contributed by atoms with Crippen LogP contribution in [0.1, 0.15) is 0 Å². The minimum Gasteiger partial charge on any atom is -0.279 e. The van der Waals surface area contributed by atoms with Crippen LogP contribution < -0.4 is 0 Å². The number of H-pyrrole nitrogens is 1. The summed E-state index contributed by atoms with van der Waals surface area (Å²) in [6.45, 7) is 0. The highest BCUT2D eigenvalue weighted by Gasteiger charge is 2.10. The Morgan fingerprint density at radius 2 is 2.29 bits per heavy atom. The Hall–Kier alpha value is 0.0200. The van der Waals surface area contributed by atoms with E-state index in [-0.39, 0.29) is 0 Å². The second-order valence-electron chi connectivity index (χ2n) is 2.65. The minimum atomic E-state index is 0.550. The lowest BCUT2D eigenvalue weighted by Gasteiger charge is -1.91. The summed E-state index contributed by atoms with van der Waals surface area (Å²) >= 11 is 13.5. The van der Waals surface area contributed by atoms with E-state index >= 15 is 0 Å². The van der Waals surface area contributed by atoms with Gasteiger partial charge in [0.1, 0.15) is 0 Å². The van der Waals surface area contributed by atoms with Crippen molar-refractivity contribution in [2.75, 3.05) is 0 Å². The Morgan fingerprint density at radius 3 is 2.71 bits per heavy atom. The molecule has 2 rings (SSSR count). The molecule has 0 aliphatic carbocycles. The molecule has 0 amide bonds. The van der Waals surface area contributed by atoms with Gasteiger partial charge in [0.15, 0.2) is 5.82 Å². The first kappa shape index (κ1) is 10.5. The van der Waals surface area contributed by atoms with Crippen molar-refractivity contribution >= 4 is 55.4 Å². The average Bonchev–Trinajstić information content (AvgIpc) is 2.57. The maximum Gasteiger partial charge on any atom is 0.216 e. The molecule has 7 heteroatoms. The molecule has 0 aliphatic rings. The molecule has 2 aromatic heterocycles. The first-order chi connectivity index (χ1) is 6.58. The van der Waals surface area contributed by atoms with Gasteiger partial charge in [-0.15, -0.1) is 11.3 Å². The monoisotopic (exact) mass is 353 g/mol. The molecule has 0 fully saturated rings. The van der Waals surface area contributed by atoms with Crippen molar-refractivity contribution < 1.29 is 0 Å². The van der Waals surface area contributed by atoms with Crippen molar-refractivity contribution in [2.24, 2.45) is 7.05 Å². The van der Waals surface area contributed by atoms with Crippen LogP contribution in [-0.2, 0) is 7.05 Å². The smallest absolute Gasteiger partial charge is 0.216 e. The summed E-state index contributed by atoms with van der Waals surface area (Å²) in [7, 11) is 1.84. The number of rotatable bonds is 1. The summed E-state index contributed by atoms with van der Waals surface area (Å²) in [6, 6.07) is 2.00. The van der Waals surface area contributed by atoms with Crippen LogP contribution in [0.15, 0.2) is 13.6 Å². The number of aromatic amines is 1. The lowest BCUT2D eigenvalue weighted by Crippen LogP contribution is -1.89. The molecule has 0 bridgehead atoms. The van der Waals surface area contributed by atoms with Crippen LogP contribution in [0.5, 0.6) is 0 Å². The molecule has 0 aromatic carbocycles. The number of aryl methyl sites for hydroxylation is 1. The van der Waals surface area contributed by atoms with Crippen LogP contribution in [0.25, 0.3) is 11.4 Å². The van der Waals surface area contributed by atoms with Crippen LogP contribution in [0.3, 0.4) is 0 Å². The first-order valence-electron chi connectivity index (χ1n) is 3.66. The van der Waals surface area contributed by atoms with Gasteiger partial charge < -0.3 is 0 Å². The van der Waals surface area contributed by atoms with Crippen molar-refractivity contribution in [1.29, 1.82) is 0 Å².